The second-order valence-corrected chi connectivity index (χ2v) is 2.71. The summed E-state index contributed by atoms with van der Waals surface area (Å²) in [5.74, 6) is -0.374. The van der Waals surface area contributed by atoms with Crippen molar-refractivity contribution in [2.24, 2.45) is 0 Å². The zero-order chi connectivity index (χ0) is 9.14. The number of rotatable bonds is 2. The van der Waals surface area contributed by atoms with E-state index in [0.29, 0.717) is 6.54 Å². The Labute approximate surface area is 70.3 Å². The standard InChI is InChI=1S/C7H13NO4/c1-2-8-7(11)6-5(10)4(9)3-12-6/h4-6,9-10H,2-3H2,1H3,(H,8,11). The number of aliphatic hydroxyl groups is 2. The third-order valence-electron chi connectivity index (χ3n) is 1.76. The maximum atomic E-state index is 11.1. The summed E-state index contributed by atoms with van der Waals surface area (Å²) in [7, 11) is 0. The molecule has 1 aliphatic heterocycles. The quantitative estimate of drug-likeness (QED) is 0.464. The predicted octanol–water partition coefficient (Wildman–Crippen LogP) is -1.76. The van der Waals surface area contributed by atoms with E-state index in [2.05, 4.69) is 5.32 Å². The molecule has 0 aliphatic carbocycles. The third kappa shape index (κ3) is 1.74. The molecule has 0 aromatic carbocycles. The molecular formula is C7H13NO4. The molecule has 1 aliphatic rings. The van der Waals surface area contributed by atoms with Crippen LogP contribution >= 0.6 is 0 Å². The monoisotopic (exact) mass is 175 g/mol. The second-order valence-electron chi connectivity index (χ2n) is 2.71. The van der Waals surface area contributed by atoms with E-state index in [1.807, 2.05) is 0 Å². The molecule has 0 radical (unpaired) electrons. The molecule has 3 N–H and O–H groups in total. The molecule has 1 heterocycles. The van der Waals surface area contributed by atoms with E-state index >= 15 is 0 Å². The third-order valence-corrected chi connectivity index (χ3v) is 1.76. The molecule has 3 unspecified atom stereocenters. The largest absolute Gasteiger partial charge is 0.388 e. The molecule has 1 saturated heterocycles. The summed E-state index contributed by atoms with van der Waals surface area (Å²) in [6, 6.07) is 0. The molecule has 1 amide bonds. The fourth-order valence-electron chi connectivity index (χ4n) is 1.11. The summed E-state index contributed by atoms with van der Waals surface area (Å²) in [5, 5.41) is 20.8. The molecule has 12 heavy (non-hydrogen) atoms. The second kappa shape index (κ2) is 3.84. The normalized spacial score (nSPS) is 35.1. The van der Waals surface area contributed by atoms with Gasteiger partial charge in [0.2, 0.25) is 0 Å². The highest BCUT2D eigenvalue weighted by atomic mass is 16.5. The topological polar surface area (TPSA) is 78.8 Å². The molecule has 0 bridgehead atoms. The van der Waals surface area contributed by atoms with Gasteiger partial charge in [-0.1, -0.05) is 0 Å². The number of aliphatic hydroxyl groups excluding tert-OH is 2. The number of hydrogen-bond acceptors (Lipinski definition) is 4. The Kier molecular flexibility index (Phi) is 3.02. The predicted molar refractivity (Wildman–Crippen MR) is 40.4 cm³/mol. The molecule has 5 nitrogen and oxygen atoms in total. The van der Waals surface area contributed by atoms with Gasteiger partial charge in [-0.2, -0.15) is 0 Å². The van der Waals surface area contributed by atoms with Crippen LogP contribution in [0, 0.1) is 0 Å². The first-order valence-corrected chi connectivity index (χ1v) is 3.92. The van der Waals surface area contributed by atoms with Gasteiger partial charge < -0.3 is 20.3 Å². The smallest absolute Gasteiger partial charge is 0.251 e. The molecular weight excluding hydrogens is 162 g/mol. The average molecular weight is 175 g/mol. The van der Waals surface area contributed by atoms with Crippen LogP contribution in [0.15, 0.2) is 0 Å². The highest BCUT2D eigenvalue weighted by Crippen LogP contribution is 2.13. The van der Waals surface area contributed by atoms with Gasteiger partial charge >= 0.3 is 0 Å². The maximum Gasteiger partial charge on any atom is 0.251 e. The van der Waals surface area contributed by atoms with Crippen LogP contribution in [0.25, 0.3) is 0 Å². The van der Waals surface area contributed by atoms with Crippen molar-refractivity contribution in [1.82, 2.24) is 5.32 Å². The number of amides is 1. The van der Waals surface area contributed by atoms with Gasteiger partial charge in [-0.05, 0) is 6.92 Å². The zero-order valence-electron chi connectivity index (χ0n) is 6.86. The number of carbonyl (C=O) groups excluding carboxylic acids is 1. The Bertz CT molecular complexity index is 173. The minimum Gasteiger partial charge on any atom is -0.388 e. The summed E-state index contributed by atoms with van der Waals surface area (Å²) in [6.45, 7) is 2.28. The van der Waals surface area contributed by atoms with Crippen molar-refractivity contribution >= 4 is 5.91 Å². The first-order valence-electron chi connectivity index (χ1n) is 3.92. The average Bonchev–Trinajstić information content (AvgIpc) is 2.34. The molecule has 0 aromatic heterocycles. The van der Waals surface area contributed by atoms with E-state index in [4.69, 9.17) is 9.84 Å². The van der Waals surface area contributed by atoms with Crippen molar-refractivity contribution < 1.29 is 19.7 Å². The summed E-state index contributed by atoms with van der Waals surface area (Å²) in [4.78, 5) is 11.1. The van der Waals surface area contributed by atoms with Crippen molar-refractivity contribution in [2.75, 3.05) is 13.2 Å². The Hall–Kier alpha value is -0.650. The fourth-order valence-corrected chi connectivity index (χ4v) is 1.11. The highest BCUT2D eigenvalue weighted by Gasteiger charge is 2.39. The Morgan fingerprint density at radius 1 is 1.67 bits per heavy atom. The number of likely N-dealkylation sites (N-methyl/N-ethyl adjacent to an activating group) is 1. The molecule has 3 atom stereocenters. The molecule has 0 saturated carbocycles. The van der Waals surface area contributed by atoms with Crippen LogP contribution in [0.4, 0.5) is 0 Å². The lowest BCUT2D eigenvalue weighted by Crippen LogP contribution is -2.42. The van der Waals surface area contributed by atoms with Gasteiger partial charge in [0.1, 0.15) is 12.2 Å². The molecule has 0 spiro atoms. The van der Waals surface area contributed by atoms with Crippen LogP contribution in [0.1, 0.15) is 6.92 Å². The summed E-state index contributed by atoms with van der Waals surface area (Å²) < 4.78 is 4.88. The van der Waals surface area contributed by atoms with E-state index in [-0.39, 0.29) is 12.5 Å². The molecule has 5 heteroatoms. The minimum atomic E-state index is -1.10. The van der Waals surface area contributed by atoms with Gasteiger partial charge in [-0.3, -0.25) is 4.79 Å². The van der Waals surface area contributed by atoms with Crippen molar-refractivity contribution in [3.8, 4) is 0 Å². The van der Waals surface area contributed by atoms with Crippen molar-refractivity contribution in [2.45, 2.75) is 25.2 Å². The van der Waals surface area contributed by atoms with Gasteiger partial charge in [0.05, 0.1) is 6.61 Å². The van der Waals surface area contributed by atoms with Crippen LogP contribution < -0.4 is 5.32 Å². The molecule has 70 valence electrons. The number of ether oxygens (including phenoxy) is 1. The van der Waals surface area contributed by atoms with Gasteiger partial charge in [-0.25, -0.2) is 0 Å². The molecule has 0 aromatic rings. The number of carbonyl (C=O) groups is 1. The SMILES string of the molecule is CCNC(=O)C1OCC(O)C1O. The van der Waals surface area contributed by atoms with Crippen LogP contribution in [0.3, 0.4) is 0 Å². The van der Waals surface area contributed by atoms with Gasteiger partial charge in [-0.15, -0.1) is 0 Å². The summed E-state index contributed by atoms with van der Waals surface area (Å²) in [5.41, 5.74) is 0. The zero-order valence-corrected chi connectivity index (χ0v) is 6.86. The first-order chi connectivity index (χ1) is 5.66. The van der Waals surface area contributed by atoms with Gasteiger partial charge in [0.25, 0.3) is 5.91 Å². The van der Waals surface area contributed by atoms with Crippen molar-refractivity contribution in [3.63, 3.8) is 0 Å². The van der Waals surface area contributed by atoms with E-state index in [0.717, 1.165) is 0 Å². The van der Waals surface area contributed by atoms with Crippen LogP contribution in [0.5, 0.6) is 0 Å². The van der Waals surface area contributed by atoms with E-state index in [1.54, 1.807) is 6.92 Å². The van der Waals surface area contributed by atoms with E-state index in [1.165, 1.54) is 0 Å². The van der Waals surface area contributed by atoms with Crippen LogP contribution in [-0.2, 0) is 9.53 Å². The molecule has 1 fully saturated rings. The van der Waals surface area contributed by atoms with E-state index in [9.17, 15) is 9.90 Å². The van der Waals surface area contributed by atoms with Gasteiger partial charge in [0, 0.05) is 6.54 Å². The Morgan fingerprint density at radius 3 is 2.75 bits per heavy atom. The van der Waals surface area contributed by atoms with E-state index < -0.39 is 18.3 Å². The number of nitrogens with one attached hydrogen (secondary N) is 1. The van der Waals surface area contributed by atoms with Gasteiger partial charge in [0.15, 0.2) is 6.10 Å². The van der Waals surface area contributed by atoms with Crippen molar-refractivity contribution in [3.05, 3.63) is 0 Å². The Balaban J connectivity index is 2.47. The Morgan fingerprint density at radius 2 is 2.33 bits per heavy atom. The lowest BCUT2D eigenvalue weighted by atomic mass is 10.1. The maximum absolute atomic E-state index is 11.1. The first kappa shape index (κ1) is 9.44. The van der Waals surface area contributed by atoms with Crippen molar-refractivity contribution in [1.29, 1.82) is 0 Å². The molecule has 1 rings (SSSR count). The summed E-state index contributed by atoms with van der Waals surface area (Å²) >= 11 is 0. The van der Waals surface area contributed by atoms with Crippen LogP contribution in [0.2, 0.25) is 0 Å². The summed E-state index contributed by atoms with van der Waals surface area (Å²) in [6.07, 6.45) is -2.96. The fraction of sp³-hybridized carbons (Fsp3) is 0.857. The lowest BCUT2D eigenvalue weighted by molar-refractivity contribution is -0.133. The highest BCUT2D eigenvalue weighted by molar-refractivity contribution is 5.81. The van der Waals surface area contributed by atoms with Crippen LogP contribution in [-0.4, -0.2) is 47.6 Å². The lowest BCUT2D eigenvalue weighted by Gasteiger charge is -2.13. The number of hydrogen-bond donors (Lipinski definition) is 3. The minimum absolute atomic E-state index is 0.0168.